The van der Waals surface area contributed by atoms with E-state index in [9.17, 15) is 18.3 Å². The summed E-state index contributed by atoms with van der Waals surface area (Å²) in [6.45, 7) is 1.03. The molecular formula is C30H39BrN2O7S. The van der Waals surface area contributed by atoms with Gasteiger partial charge in [0.25, 0.3) is 5.91 Å². The van der Waals surface area contributed by atoms with Crippen LogP contribution in [-0.4, -0.2) is 81.4 Å². The molecule has 4 rings (SSSR count). The summed E-state index contributed by atoms with van der Waals surface area (Å²) in [5, 5.41) is 9.57. The number of carbonyl (C=O) groups is 1. The Bertz CT molecular complexity index is 1260. The van der Waals surface area contributed by atoms with Crippen molar-refractivity contribution in [3.8, 4) is 5.75 Å². The van der Waals surface area contributed by atoms with Gasteiger partial charge in [0.05, 0.1) is 25.2 Å². The lowest BCUT2D eigenvalue weighted by Gasteiger charge is -2.33. The maximum Gasteiger partial charge on any atom is 0.288 e. The van der Waals surface area contributed by atoms with Crippen LogP contribution in [0.1, 0.15) is 50.0 Å². The first-order valence-corrected chi connectivity index (χ1v) is 16.3. The third kappa shape index (κ3) is 8.54. The number of aliphatic hydroxyl groups excluding tert-OH is 1. The van der Waals surface area contributed by atoms with Crippen molar-refractivity contribution in [2.24, 2.45) is 0 Å². The lowest BCUT2D eigenvalue weighted by Crippen LogP contribution is -2.39. The van der Waals surface area contributed by atoms with E-state index in [1.54, 1.807) is 12.1 Å². The van der Waals surface area contributed by atoms with Gasteiger partial charge in [-0.25, -0.2) is 8.42 Å². The summed E-state index contributed by atoms with van der Waals surface area (Å²) in [7, 11) is -2.36. The first-order chi connectivity index (χ1) is 19.8. The second-order valence-electron chi connectivity index (χ2n) is 10.2. The summed E-state index contributed by atoms with van der Waals surface area (Å²) in [5.41, 5.74) is 1.03. The van der Waals surface area contributed by atoms with Crippen molar-refractivity contribution in [1.29, 1.82) is 0 Å². The second-order valence-corrected chi connectivity index (χ2v) is 13.1. The van der Waals surface area contributed by atoms with E-state index in [2.05, 4.69) is 15.9 Å². The minimum absolute atomic E-state index is 0.0108. The number of hydrogen-bond acceptors (Lipinski definition) is 7. The maximum atomic E-state index is 13.5. The van der Waals surface area contributed by atoms with Crippen molar-refractivity contribution in [3.05, 3.63) is 70.4 Å². The molecule has 9 nitrogen and oxygen atoms in total. The van der Waals surface area contributed by atoms with Gasteiger partial charge >= 0.3 is 0 Å². The normalized spacial score (nSPS) is 20.1. The van der Waals surface area contributed by atoms with Crippen LogP contribution in [0, 0.1) is 0 Å². The molecule has 2 aromatic rings. The first-order valence-electron chi connectivity index (χ1n) is 14.1. The molecule has 0 radical (unpaired) electrons. The van der Waals surface area contributed by atoms with Crippen molar-refractivity contribution < 1.29 is 32.5 Å². The lowest BCUT2D eigenvalue weighted by atomic mass is 9.93. The van der Waals surface area contributed by atoms with Crippen LogP contribution in [0.4, 0.5) is 0 Å². The zero-order valence-corrected chi connectivity index (χ0v) is 25.8. The molecule has 1 amide bonds. The molecule has 0 unspecified atom stereocenters. The van der Waals surface area contributed by atoms with E-state index >= 15 is 0 Å². The SMILES string of the molecule is COc1ccc(S(=O)(=O)N(CCO)CCO[C@@H]2C[C@H](c3ccc(Br)cc3)C=C(C(=O)N3CCCCCCC3)O2)cc1. The van der Waals surface area contributed by atoms with Crippen LogP contribution in [0.3, 0.4) is 0 Å². The van der Waals surface area contributed by atoms with Crippen molar-refractivity contribution in [1.82, 2.24) is 9.21 Å². The molecule has 0 aromatic heterocycles. The molecule has 2 aromatic carbocycles. The van der Waals surface area contributed by atoms with Crippen LogP contribution < -0.4 is 4.74 Å². The summed E-state index contributed by atoms with van der Waals surface area (Å²) in [5.74, 6) is 0.580. The van der Waals surface area contributed by atoms with E-state index in [0.29, 0.717) is 25.3 Å². The average molecular weight is 652 g/mol. The predicted molar refractivity (Wildman–Crippen MR) is 159 cm³/mol. The fourth-order valence-electron chi connectivity index (χ4n) is 5.11. The van der Waals surface area contributed by atoms with Crippen LogP contribution in [0.15, 0.2) is 69.7 Å². The van der Waals surface area contributed by atoms with E-state index in [4.69, 9.17) is 14.2 Å². The molecule has 224 valence electrons. The maximum absolute atomic E-state index is 13.5. The molecule has 2 heterocycles. The molecule has 1 N–H and O–H groups in total. The number of ether oxygens (including phenoxy) is 3. The number of benzene rings is 2. The Morgan fingerprint density at radius 2 is 1.68 bits per heavy atom. The summed E-state index contributed by atoms with van der Waals surface area (Å²) in [6.07, 6.45) is 6.99. The lowest BCUT2D eigenvalue weighted by molar-refractivity contribution is -0.153. The summed E-state index contributed by atoms with van der Waals surface area (Å²) in [6, 6.07) is 14.0. The highest BCUT2D eigenvalue weighted by molar-refractivity contribution is 9.10. The highest BCUT2D eigenvalue weighted by atomic mass is 79.9. The van der Waals surface area contributed by atoms with Crippen LogP contribution in [0.5, 0.6) is 5.75 Å². The standard InChI is InChI=1S/C30H39BrN2O7S/c1-38-26-11-13-27(14-12-26)41(36,37)33(17-19-34)18-20-39-29-22-24(23-7-9-25(31)10-8-23)21-28(40-29)30(35)32-15-5-3-2-4-6-16-32/h7-14,21,24,29,34H,2-6,15-20,22H2,1H3/t24-,29+/m1/s1. The zero-order valence-electron chi connectivity index (χ0n) is 23.4. The van der Waals surface area contributed by atoms with Crippen LogP contribution in [0.2, 0.25) is 0 Å². The molecule has 0 spiro atoms. The quantitative estimate of drug-likeness (QED) is 0.377. The number of rotatable bonds is 11. The van der Waals surface area contributed by atoms with E-state index in [0.717, 1.165) is 35.7 Å². The summed E-state index contributed by atoms with van der Waals surface area (Å²) >= 11 is 3.48. The molecule has 2 aliphatic heterocycles. The van der Waals surface area contributed by atoms with Gasteiger partial charge in [-0.15, -0.1) is 0 Å². The van der Waals surface area contributed by atoms with E-state index in [1.165, 1.54) is 30.0 Å². The third-order valence-corrected chi connectivity index (χ3v) is 9.84. The van der Waals surface area contributed by atoms with Gasteiger partial charge < -0.3 is 24.2 Å². The van der Waals surface area contributed by atoms with Gasteiger partial charge in [0, 0.05) is 43.0 Å². The number of carbonyl (C=O) groups excluding carboxylic acids is 1. The van der Waals surface area contributed by atoms with Gasteiger partial charge in [-0.2, -0.15) is 4.31 Å². The smallest absolute Gasteiger partial charge is 0.288 e. The molecule has 0 aliphatic carbocycles. The zero-order chi connectivity index (χ0) is 29.2. The average Bonchev–Trinajstić information content (AvgIpc) is 2.96. The second kappa shape index (κ2) is 15.2. The largest absolute Gasteiger partial charge is 0.497 e. The Balaban J connectivity index is 1.47. The number of sulfonamides is 1. The summed E-state index contributed by atoms with van der Waals surface area (Å²) in [4.78, 5) is 15.5. The number of amides is 1. The summed E-state index contributed by atoms with van der Waals surface area (Å²) < 4.78 is 46.0. The van der Waals surface area contributed by atoms with Crippen molar-refractivity contribution in [2.75, 3.05) is 46.5 Å². The Kier molecular flexibility index (Phi) is 11.6. The Morgan fingerprint density at radius 3 is 2.32 bits per heavy atom. The molecule has 11 heteroatoms. The van der Waals surface area contributed by atoms with Gasteiger partial charge in [-0.3, -0.25) is 4.79 Å². The van der Waals surface area contributed by atoms with Crippen LogP contribution >= 0.6 is 15.9 Å². The minimum Gasteiger partial charge on any atom is -0.497 e. The van der Waals surface area contributed by atoms with Gasteiger partial charge in [-0.1, -0.05) is 47.3 Å². The third-order valence-electron chi connectivity index (χ3n) is 7.40. The molecule has 0 saturated carbocycles. The number of halogens is 1. The van der Waals surface area contributed by atoms with Crippen molar-refractivity contribution >= 4 is 31.9 Å². The number of aliphatic hydroxyl groups is 1. The van der Waals surface area contributed by atoms with Crippen LogP contribution in [0.25, 0.3) is 0 Å². The fraction of sp³-hybridized carbons (Fsp3) is 0.500. The van der Waals surface area contributed by atoms with E-state index in [-0.39, 0.29) is 48.8 Å². The molecule has 1 saturated heterocycles. The number of hydrogen-bond donors (Lipinski definition) is 1. The van der Waals surface area contributed by atoms with Gasteiger partial charge in [0.1, 0.15) is 5.75 Å². The molecule has 2 atom stereocenters. The first kappa shape index (κ1) is 31.5. The highest BCUT2D eigenvalue weighted by Gasteiger charge is 2.32. The fourth-order valence-corrected chi connectivity index (χ4v) is 6.79. The minimum atomic E-state index is -3.87. The van der Waals surface area contributed by atoms with E-state index < -0.39 is 16.3 Å². The monoisotopic (exact) mass is 650 g/mol. The number of nitrogens with zero attached hydrogens (tertiary/aromatic N) is 2. The molecule has 41 heavy (non-hydrogen) atoms. The topological polar surface area (TPSA) is 106 Å². The predicted octanol–water partition coefficient (Wildman–Crippen LogP) is 4.66. The Hall–Kier alpha value is -2.44. The van der Waals surface area contributed by atoms with E-state index in [1.807, 2.05) is 35.2 Å². The van der Waals surface area contributed by atoms with Crippen molar-refractivity contribution in [3.63, 3.8) is 0 Å². The number of allylic oxidation sites excluding steroid dienone is 1. The van der Waals surface area contributed by atoms with Gasteiger partial charge in [-0.05, 0) is 60.9 Å². The molecule has 1 fully saturated rings. The van der Waals surface area contributed by atoms with Crippen molar-refractivity contribution in [2.45, 2.75) is 55.6 Å². The molecule has 0 bridgehead atoms. The molecular weight excluding hydrogens is 612 g/mol. The number of likely N-dealkylation sites (tertiary alicyclic amines) is 1. The van der Waals surface area contributed by atoms with Crippen LogP contribution in [-0.2, 0) is 24.3 Å². The highest BCUT2D eigenvalue weighted by Crippen LogP contribution is 2.33. The van der Waals surface area contributed by atoms with Gasteiger partial charge in [0.15, 0.2) is 5.76 Å². The Morgan fingerprint density at radius 1 is 1.02 bits per heavy atom. The number of methoxy groups -OCH3 is 1. The van der Waals surface area contributed by atoms with Gasteiger partial charge in [0.2, 0.25) is 16.3 Å². The Labute approximate surface area is 251 Å². The molecule has 2 aliphatic rings.